The van der Waals surface area contributed by atoms with Gasteiger partial charge in [-0.2, -0.15) is 0 Å². The van der Waals surface area contributed by atoms with Crippen molar-refractivity contribution in [3.63, 3.8) is 0 Å². The Bertz CT molecular complexity index is 1400. The average molecular weight is 521 g/mol. The molecule has 2 aliphatic rings. The number of rotatable bonds is 4. The van der Waals surface area contributed by atoms with Crippen molar-refractivity contribution in [2.75, 3.05) is 41.7 Å². The lowest BCUT2D eigenvalue weighted by Crippen LogP contribution is -2.49. The Labute approximate surface area is 219 Å². The molecule has 5 heterocycles. The van der Waals surface area contributed by atoms with Crippen LogP contribution in [0.25, 0.3) is 5.65 Å². The number of nitrogens with zero attached hydrogens (tertiary/aromatic N) is 6. The molecule has 4 aromatic rings. The first-order valence-corrected chi connectivity index (χ1v) is 13.4. The fraction of sp³-hybridized carbons (Fsp3) is 0.346. The molecule has 186 valence electrons. The number of halogens is 1. The predicted octanol–water partition coefficient (Wildman–Crippen LogP) is 4.25. The first-order valence-electron chi connectivity index (χ1n) is 12.2. The summed E-state index contributed by atoms with van der Waals surface area (Å²) >= 11 is 7.94. The molecule has 1 atom stereocenters. The van der Waals surface area contributed by atoms with Crippen LogP contribution < -0.4 is 21.3 Å². The van der Waals surface area contributed by atoms with E-state index in [1.807, 2.05) is 25.4 Å². The van der Waals surface area contributed by atoms with Gasteiger partial charge in [-0.3, -0.25) is 4.40 Å². The Morgan fingerprint density at radius 1 is 1.06 bits per heavy atom. The van der Waals surface area contributed by atoms with E-state index >= 15 is 0 Å². The summed E-state index contributed by atoms with van der Waals surface area (Å²) in [5, 5.41) is 0.453. The van der Waals surface area contributed by atoms with Crippen LogP contribution in [0, 0.1) is 12.3 Å². The zero-order valence-electron chi connectivity index (χ0n) is 20.1. The van der Waals surface area contributed by atoms with E-state index < -0.39 is 0 Å². The van der Waals surface area contributed by atoms with Crippen molar-refractivity contribution in [1.29, 1.82) is 0 Å². The van der Waals surface area contributed by atoms with Crippen molar-refractivity contribution in [2.24, 2.45) is 11.1 Å². The summed E-state index contributed by atoms with van der Waals surface area (Å²) in [5.41, 5.74) is 15.8. The molecule has 0 aliphatic carbocycles. The van der Waals surface area contributed by atoms with Gasteiger partial charge in [-0.15, -0.1) is 0 Å². The number of nitrogens with two attached hydrogens (primary N) is 2. The zero-order chi connectivity index (χ0) is 24.9. The van der Waals surface area contributed by atoms with Gasteiger partial charge < -0.3 is 21.3 Å². The minimum Gasteiger partial charge on any atom is -0.382 e. The molecule has 8 nitrogen and oxygen atoms in total. The molecule has 1 spiro atoms. The van der Waals surface area contributed by atoms with Gasteiger partial charge in [-0.25, -0.2) is 15.0 Å². The molecule has 6 rings (SSSR count). The molecule has 0 saturated carbocycles. The third kappa shape index (κ3) is 3.95. The van der Waals surface area contributed by atoms with E-state index in [4.69, 9.17) is 28.1 Å². The van der Waals surface area contributed by atoms with Gasteiger partial charge >= 0.3 is 0 Å². The lowest BCUT2D eigenvalue weighted by atomic mass is 9.75. The normalized spacial score (nSPS) is 19.5. The lowest BCUT2D eigenvalue weighted by Gasteiger charge is -2.42. The Kier molecular flexibility index (Phi) is 5.94. The van der Waals surface area contributed by atoms with Gasteiger partial charge in [0.15, 0.2) is 5.65 Å². The minimum atomic E-state index is 0.128. The van der Waals surface area contributed by atoms with E-state index in [1.54, 1.807) is 6.20 Å². The number of piperidine rings is 1. The van der Waals surface area contributed by atoms with Crippen LogP contribution in [0.4, 0.5) is 17.5 Å². The number of anilines is 3. The van der Waals surface area contributed by atoms with Crippen molar-refractivity contribution in [3.8, 4) is 0 Å². The first kappa shape index (κ1) is 23.4. The minimum absolute atomic E-state index is 0.128. The van der Waals surface area contributed by atoms with Gasteiger partial charge in [-0.05, 0) is 38.0 Å². The van der Waals surface area contributed by atoms with Gasteiger partial charge in [0.25, 0.3) is 0 Å². The molecule has 36 heavy (non-hydrogen) atoms. The van der Waals surface area contributed by atoms with E-state index in [9.17, 15) is 0 Å². The maximum Gasteiger partial charge on any atom is 0.211 e. The number of aromatic nitrogens is 4. The first-order chi connectivity index (χ1) is 17.4. The molecule has 0 radical (unpaired) electrons. The molecule has 0 bridgehead atoms. The summed E-state index contributed by atoms with van der Waals surface area (Å²) in [6.45, 7) is 5.75. The highest BCUT2D eigenvalue weighted by atomic mass is 35.5. The Morgan fingerprint density at radius 2 is 1.83 bits per heavy atom. The van der Waals surface area contributed by atoms with Crippen LogP contribution in [0.3, 0.4) is 0 Å². The van der Waals surface area contributed by atoms with Crippen LogP contribution in [-0.2, 0) is 0 Å². The smallest absolute Gasteiger partial charge is 0.211 e. The second-order valence-corrected chi connectivity index (χ2v) is 11.2. The average Bonchev–Trinajstić information content (AvgIpc) is 3.50. The number of aryl methyl sites for hydroxylation is 1. The number of para-hydroxylation sites is 1. The largest absolute Gasteiger partial charge is 0.382 e. The number of imidazole rings is 1. The third-order valence-corrected chi connectivity index (χ3v) is 9.37. The number of nitrogen functional groups attached to an aromatic ring is 1. The summed E-state index contributed by atoms with van der Waals surface area (Å²) in [6.07, 6.45) is 7.54. The fourth-order valence-electron chi connectivity index (χ4n) is 5.53. The van der Waals surface area contributed by atoms with Crippen LogP contribution in [0.5, 0.6) is 0 Å². The summed E-state index contributed by atoms with van der Waals surface area (Å²) in [6, 6.07) is 12.6. The Hall–Kier alpha value is -3.01. The third-order valence-electron chi connectivity index (χ3n) is 7.62. The van der Waals surface area contributed by atoms with Crippen LogP contribution >= 0.6 is 23.4 Å². The maximum atomic E-state index is 6.75. The van der Waals surface area contributed by atoms with E-state index in [0.29, 0.717) is 10.8 Å². The molecule has 3 aromatic heterocycles. The summed E-state index contributed by atoms with van der Waals surface area (Å²) in [5.74, 6) is 1.24. The van der Waals surface area contributed by atoms with E-state index in [0.717, 1.165) is 66.1 Å². The number of pyridine rings is 1. The van der Waals surface area contributed by atoms with Crippen LogP contribution in [0.15, 0.2) is 64.8 Å². The highest BCUT2D eigenvalue weighted by Gasteiger charge is 2.46. The molecule has 2 saturated heterocycles. The number of hydrogen-bond acceptors (Lipinski definition) is 8. The van der Waals surface area contributed by atoms with Gasteiger partial charge in [0.1, 0.15) is 5.82 Å². The van der Waals surface area contributed by atoms with Crippen molar-refractivity contribution in [1.82, 2.24) is 19.4 Å². The molecule has 2 aliphatic heterocycles. The quantitative estimate of drug-likeness (QED) is 0.411. The van der Waals surface area contributed by atoms with Crippen LogP contribution in [0.2, 0.25) is 5.02 Å². The monoisotopic (exact) mass is 520 g/mol. The molecule has 0 unspecified atom stereocenters. The number of fused-ring (bicyclic) bond motifs is 1. The SMILES string of the molecule is Cc1nc(N2CCC3(CC2)CN(c2ccccc2)C[C@H]3N)n2ccnc2c1Sc1ccnc(N)c1Cl. The topological polar surface area (TPSA) is 102 Å². The van der Waals surface area contributed by atoms with E-state index in [2.05, 4.69) is 54.5 Å². The molecule has 1 aromatic carbocycles. The van der Waals surface area contributed by atoms with Gasteiger partial charge in [-0.1, -0.05) is 41.6 Å². The molecule has 10 heteroatoms. The van der Waals surface area contributed by atoms with Crippen LogP contribution in [0.1, 0.15) is 18.5 Å². The standard InChI is InChI=1S/C26H29ClN8S/c1-17-22(36-19-7-10-30-23(29)21(19)27)24-31-11-14-35(24)25(32-17)33-12-8-26(9-13-33)16-34(15-20(26)28)18-5-3-2-4-6-18/h2-7,10-11,14,20H,8-9,12-13,15-16,28H2,1H3,(H2,29,30)/t20-/m1/s1. The van der Waals surface area contributed by atoms with Crippen molar-refractivity contribution < 1.29 is 0 Å². The lowest BCUT2D eigenvalue weighted by molar-refractivity contribution is 0.219. The number of benzene rings is 1. The second-order valence-electron chi connectivity index (χ2n) is 9.73. The molecule has 2 fully saturated rings. The number of hydrogen-bond donors (Lipinski definition) is 2. The van der Waals surface area contributed by atoms with E-state index in [-0.39, 0.29) is 11.5 Å². The van der Waals surface area contributed by atoms with E-state index in [1.165, 1.54) is 17.4 Å². The molecule has 4 N–H and O–H groups in total. The van der Waals surface area contributed by atoms with Crippen molar-refractivity contribution in [2.45, 2.75) is 35.6 Å². The van der Waals surface area contributed by atoms with Crippen LogP contribution in [-0.4, -0.2) is 51.6 Å². The molecular weight excluding hydrogens is 492 g/mol. The zero-order valence-corrected chi connectivity index (χ0v) is 21.7. The highest BCUT2D eigenvalue weighted by molar-refractivity contribution is 7.99. The van der Waals surface area contributed by atoms with Crippen molar-refractivity contribution >= 4 is 46.5 Å². The maximum absolute atomic E-state index is 6.75. The predicted molar refractivity (Wildman–Crippen MR) is 146 cm³/mol. The Morgan fingerprint density at radius 3 is 2.61 bits per heavy atom. The molecule has 0 amide bonds. The molecular formula is C26H29ClN8S. The summed E-state index contributed by atoms with van der Waals surface area (Å²) < 4.78 is 2.08. The highest BCUT2D eigenvalue weighted by Crippen LogP contribution is 2.43. The second kappa shape index (κ2) is 9.14. The van der Waals surface area contributed by atoms with Crippen molar-refractivity contribution in [3.05, 3.63) is 65.7 Å². The fourth-order valence-corrected chi connectivity index (χ4v) is 6.74. The van der Waals surface area contributed by atoms with Gasteiger partial charge in [0.05, 0.1) is 15.6 Å². The van der Waals surface area contributed by atoms with Gasteiger partial charge in [0, 0.05) is 66.8 Å². The summed E-state index contributed by atoms with van der Waals surface area (Å²) in [4.78, 5) is 20.4. The summed E-state index contributed by atoms with van der Waals surface area (Å²) in [7, 11) is 0. The van der Waals surface area contributed by atoms with Gasteiger partial charge in [0.2, 0.25) is 5.95 Å². The Balaban J connectivity index is 1.24.